The number of hydrogen-bond donors (Lipinski definition) is 3. The van der Waals surface area contributed by atoms with E-state index in [0.717, 1.165) is 23.6 Å². The van der Waals surface area contributed by atoms with Gasteiger partial charge in [-0.3, -0.25) is 4.79 Å². The summed E-state index contributed by atoms with van der Waals surface area (Å²) in [6.07, 6.45) is 4.28. The number of aryl methyl sites for hydroxylation is 1. The second kappa shape index (κ2) is 16.7. The Morgan fingerprint density at radius 3 is 2.61 bits per heavy atom. The van der Waals surface area contributed by atoms with E-state index >= 15 is 0 Å². The minimum Gasteiger partial charge on any atom is -0.490 e. The number of ether oxygens (including phenoxy) is 2. The number of nitrogens with zero attached hydrogens (tertiary/aromatic N) is 4. The normalized spacial score (nSPS) is 19.9. The zero-order valence-corrected chi connectivity index (χ0v) is 30.6. The van der Waals surface area contributed by atoms with Gasteiger partial charge in [-0.15, -0.1) is 0 Å². The average molecular weight is 721 g/mol. The number of sulfonamides is 1. The third-order valence-corrected chi connectivity index (χ3v) is 10.8. The Labute approximate surface area is 299 Å². The van der Waals surface area contributed by atoms with Crippen LogP contribution in [-0.2, 0) is 21.8 Å². The molecule has 5 rings (SSSR count). The fourth-order valence-electron chi connectivity index (χ4n) is 6.12. The Kier molecular flexibility index (Phi) is 12.3. The van der Waals surface area contributed by atoms with Crippen LogP contribution in [0.2, 0.25) is 0 Å². The lowest BCUT2D eigenvalue weighted by Gasteiger charge is -2.35. The summed E-state index contributed by atoms with van der Waals surface area (Å²) in [7, 11) is -0.703. The first kappa shape index (κ1) is 37.7. The molecule has 2 heterocycles. The van der Waals surface area contributed by atoms with Gasteiger partial charge in [0, 0.05) is 57.0 Å². The van der Waals surface area contributed by atoms with E-state index in [1.807, 2.05) is 56.3 Å². The molecule has 14 heteroatoms. The van der Waals surface area contributed by atoms with E-state index in [9.17, 15) is 23.1 Å². The molecule has 3 aromatic carbocycles. The number of urea groups is 1. The minimum atomic E-state index is -3.90. The van der Waals surface area contributed by atoms with Crippen molar-refractivity contribution in [1.29, 1.82) is 0 Å². The van der Waals surface area contributed by atoms with Crippen molar-refractivity contribution < 1.29 is 32.6 Å². The minimum absolute atomic E-state index is 0.0333. The molecule has 0 saturated heterocycles. The van der Waals surface area contributed by atoms with E-state index in [0.29, 0.717) is 30.2 Å². The summed E-state index contributed by atoms with van der Waals surface area (Å²) >= 11 is 0. The Balaban J connectivity index is 1.41. The lowest BCUT2D eigenvalue weighted by atomic mass is 10.0. The number of rotatable bonds is 8. The molecular formula is C37H48N6O7S. The third-order valence-electron chi connectivity index (χ3n) is 9.14. The number of imidazole rings is 1. The van der Waals surface area contributed by atoms with Crippen LogP contribution in [0.25, 0.3) is 10.8 Å². The summed E-state index contributed by atoms with van der Waals surface area (Å²) < 4.78 is 42.1. The smallest absolute Gasteiger partial charge is 0.323 e. The summed E-state index contributed by atoms with van der Waals surface area (Å²) in [4.78, 5) is 33.2. The van der Waals surface area contributed by atoms with Crippen molar-refractivity contribution >= 4 is 44.1 Å². The van der Waals surface area contributed by atoms with E-state index in [-0.39, 0.29) is 42.3 Å². The van der Waals surface area contributed by atoms with Crippen LogP contribution in [0.1, 0.15) is 50.4 Å². The number of fused-ring (bicyclic) bond motifs is 2. The predicted octanol–water partition coefficient (Wildman–Crippen LogP) is 5.33. The third kappa shape index (κ3) is 9.25. The van der Waals surface area contributed by atoms with Gasteiger partial charge in [0.05, 0.1) is 42.4 Å². The van der Waals surface area contributed by atoms with Crippen LogP contribution in [0, 0.1) is 5.92 Å². The topological polar surface area (TPSA) is 155 Å². The van der Waals surface area contributed by atoms with E-state index in [1.165, 1.54) is 23.9 Å². The molecule has 274 valence electrons. The highest BCUT2D eigenvalue weighted by Crippen LogP contribution is 2.29. The first-order valence-electron chi connectivity index (χ1n) is 17.2. The predicted molar refractivity (Wildman–Crippen MR) is 196 cm³/mol. The molecular weight excluding hydrogens is 673 g/mol. The second-order valence-electron chi connectivity index (χ2n) is 13.3. The summed E-state index contributed by atoms with van der Waals surface area (Å²) in [6.45, 7) is 5.84. The molecule has 0 unspecified atom stereocenters. The maximum Gasteiger partial charge on any atom is 0.323 e. The van der Waals surface area contributed by atoms with Crippen LogP contribution in [0.3, 0.4) is 0 Å². The molecule has 0 fully saturated rings. The van der Waals surface area contributed by atoms with Gasteiger partial charge in [-0.1, -0.05) is 43.3 Å². The highest BCUT2D eigenvalue weighted by Gasteiger charge is 2.33. The van der Waals surface area contributed by atoms with Gasteiger partial charge in [0.25, 0.3) is 15.9 Å². The lowest BCUT2D eigenvalue weighted by molar-refractivity contribution is -0.00835. The number of hydrogen-bond acceptors (Lipinski definition) is 8. The second-order valence-corrected chi connectivity index (χ2v) is 15.3. The summed E-state index contributed by atoms with van der Waals surface area (Å²) in [5, 5.41) is 17.8. The quantitative estimate of drug-likeness (QED) is 0.221. The number of aliphatic hydroxyl groups is 1. The SMILES string of the molecule is C[C@@H]1CN([C@H](C)CO)C(=O)c2cc(NC(=O)Nc3cccc4ccccc34)ccc2O[C@@H](C)CCCCO[C@H]1CN(C)S(=O)(=O)c1cn(C)cn1. The largest absolute Gasteiger partial charge is 0.490 e. The molecule has 0 saturated carbocycles. The van der Waals surface area contributed by atoms with E-state index in [4.69, 9.17) is 9.47 Å². The molecule has 13 nitrogen and oxygen atoms in total. The number of anilines is 2. The van der Waals surface area contributed by atoms with Gasteiger partial charge in [0.15, 0.2) is 5.03 Å². The molecule has 3 N–H and O–H groups in total. The average Bonchev–Trinajstić information content (AvgIpc) is 3.56. The first-order valence-corrected chi connectivity index (χ1v) is 18.7. The van der Waals surface area contributed by atoms with Gasteiger partial charge in [-0.05, 0) is 62.8 Å². The molecule has 0 aliphatic carbocycles. The summed E-state index contributed by atoms with van der Waals surface area (Å²) in [6, 6.07) is 17.3. The Hall–Kier alpha value is -4.50. The zero-order valence-electron chi connectivity index (χ0n) is 29.8. The molecule has 1 aliphatic rings. The van der Waals surface area contributed by atoms with Crippen LogP contribution < -0.4 is 15.4 Å². The monoisotopic (exact) mass is 720 g/mol. The molecule has 3 amide bonds. The van der Waals surface area contributed by atoms with E-state index in [2.05, 4.69) is 15.6 Å². The fourth-order valence-corrected chi connectivity index (χ4v) is 7.26. The molecule has 4 atom stereocenters. The van der Waals surface area contributed by atoms with Crippen molar-refractivity contribution in [2.45, 2.75) is 63.3 Å². The molecule has 51 heavy (non-hydrogen) atoms. The van der Waals surface area contributed by atoms with Crippen molar-refractivity contribution in [3.63, 3.8) is 0 Å². The Bertz CT molecular complexity index is 1930. The van der Waals surface area contributed by atoms with E-state index < -0.39 is 34.1 Å². The van der Waals surface area contributed by atoms with Crippen molar-refractivity contribution in [3.05, 3.63) is 78.8 Å². The van der Waals surface area contributed by atoms with Crippen molar-refractivity contribution in [2.75, 3.05) is 44.0 Å². The van der Waals surface area contributed by atoms with Gasteiger partial charge >= 0.3 is 6.03 Å². The zero-order chi connectivity index (χ0) is 36.7. The Morgan fingerprint density at radius 2 is 1.86 bits per heavy atom. The molecule has 1 aromatic heterocycles. The lowest BCUT2D eigenvalue weighted by Crippen LogP contribution is -2.48. The van der Waals surface area contributed by atoms with Gasteiger partial charge in [0.2, 0.25) is 0 Å². The number of amides is 3. The van der Waals surface area contributed by atoms with Crippen molar-refractivity contribution in [2.24, 2.45) is 13.0 Å². The van der Waals surface area contributed by atoms with Crippen LogP contribution in [0.15, 0.2) is 78.2 Å². The number of nitrogens with one attached hydrogen (secondary N) is 2. The maximum atomic E-state index is 14.5. The molecule has 0 bridgehead atoms. The number of carbonyl (C=O) groups is 2. The summed E-state index contributed by atoms with van der Waals surface area (Å²) in [5.74, 6) is -0.390. The van der Waals surface area contributed by atoms with Crippen molar-refractivity contribution in [1.82, 2.24) is 18.8 Å². The first-order chi connectivity index (χ1) is 24.4. The standard InChI is InChI=1S/C37H48N6O7S/c1-25-20-43(26(2)23-44)36(45)31-19-29(39-37(46)40-32-15-10-13-28-12-6-7-14-30(28)32)16-17-33(31)50-27(3)11-8-9-18-49-34(25)21-42(5)51(47,48)35-22-41(4)24-38-35/h6-7,10,12-17,19,22,24-27,34,44H,8-9,11,18,20-21,23H2,1-5H3,(H2,39,40,46)/t25-,26-,27+,34+/m1/s1. The van der Waals surface area contributed by atoms with Crippen LogP contribution in [0.5, 0.6) is 5.75 Å². The molecule has 0 radical (unpaired) electrons. The van der Waals surface area contributed by atoms with Crippen LogP contribution in [-0.4, -0.2) is 95.8 Å². The van der Waals surface area contributed by atoms with Crippen LogP contribution in [0.4, 0.5) is 16.2 Å². The molecule has 0 spiro atoms. The highest BCUT2D eigenvalue weighted by atomic mass is 32.2. The van der Waals surface area contributed by atoms with Gasteiger partial charge in [-0.25, -0.2) is 18.2 Å². The molecule has 4 aromatic rings. The fraction of sp³-hybridized carbons (Fsp3) is 0.432. The molecule has 1 aliphatic heterocycles. The number of carbonyl (C=O) groups excluding carboxylic acids is 2. The van der Waals surface area contributed by atoms with E-state index in [1.54, 1.807) is 41.6 Å². The Morgan fingerprint density at radius 1 is 1.10 bits per heavy atom. The van der Waals surface area contributed by atoms with Gasteiger partial charge in [-0.2, -0.15) is 4.31 Å². The number of likely N-dealkylation sites (N-methyl/N-ethyl adjacent to an activating group) is 1. The number of aliphatic hydroxyl groups excluding tert-OH is 1. The number of benzene rings is 3. The summed E-state index contributed by atoms with van der Waals surface area (Å²) in [5.41, 5.74) is 1.25. The van der Waals surface area contributed by atoms with Crippen LogP contribution >= 0.6 is 0 Å². The van der Waals surface area contributed by atoms with Crippen molar-refractivity contribution in [3.8, 4) is 5.75 Å². The highest BCUT2D eigenvalue weighted by molar-refractivity contribution is 7.89. The number of aromatic nitrogens is 2. The van der Waals surface area contributed by atoms with Gasteiger partial charge in [0.1, 0.15) is 5.75 Å². The maximum absolute atomic E-state index is 14.5. The van der Waals surface area contributed by atoms with Gasteiger partial charge < -0.3 is 34.7 Å².